The van der Waals surface area contributed by atoms with Crippen LogP contribution in [0.25, 0.3) is 0 Å². The van der Waals surface area contributed by atoms with Crippen molar-refractivity contribution < 1.29 is 19.4 Å². The third-order valence-electron chi connectivity index (χ3n) is 1.35. The largest absolute Gasteiger partial charge is 0.480 e. The van der Waals surface area contributed by atoms with Crippen LogP contribution in [0.4, 0.5) is 0 Å². The minimum Gasteiger partial charge on any atom is -0.480 e. The highest BCUT2D eigenvalue weighted by atomic mass is 32.2. The van der Waals surface area contributed by atoms with Gasteiger partial charge in [0.25, 0.3) is 0 Å². The molecule has 7 heteroatoms. The van der Waals surface area contributed by atoms with Crippen molar-refractivity contribution in [1.29, 1.82) is 0 Å². The zero-order valence-corrected chi connectivity index (χ0v) is 8.90. The van der Waals surface area contributed by atoms with E-state index in [1.807, 2.05) is 0 Å². The Morgan fingerprint density at radius 3 is 2.60 bits per heavy atom. The van der Waals surface area contributed by atoms with Gasteiger partial charge >= 0.3 is 11.9 Å². The molecule has 0 fully saturated rings. The summed E-state index contributed by atoms with van der Waals surface area (Å²) in [6.45, 7) is 3.45. The third kappa shape index (κ3) is 6.10. The van der Waals surface area contributed by atoms with Gasteiger partial charge in [-0.2, -0.15) is 0 Å². The van der Waals surface area contributed by atoms with E-state index in [-0.39, 0.29) is 12.4 Å². The summed E-state index contributed by atoms with van der Waals surface area (Å²) in [5.41, 5.74) is 10.6. The summed E-state index contributed by atoms with van der Waals surface area (Å²) >= 11 is 0.934. The summed E-state index contributed by atoms with van der Waals surface area (Å²) in [5.74, 6) is -1.69. The van der Waals surface area contributed by atoms with Gasteiger partial charge in [0, 0.05) is 5.75 Å². The molecule has 0 heterocycles. The van der Waals surface area contributed by atoms with E-state index in [0.717, 1.165) is 11.8 Å². The molecule has 0 saturated heterocycles. The topological polar surface area (TPSA) is 116 Å². The summed E-state index contributed by atoms with van der Waals surface area (Å²) in [6.07, 6.45) is 1.41. The predicted molar refractivity (Wildman–Crippen MR) is 57.2 cm³/mol. The molecule has 2 atom stereocenters. The van der Waals surface area contributed by atoms with Crippen molar-refractivity contribution in [3.8, 4) is 0 Å². The summed E-state index contributed by atoms with van der Waals surface area (Å²) < 4.78 is 4.65. The van der Waals surface area contributed by atoms with Gasteiger partial charge in [-0.25, -0.2) is 4.79 Å². The quantitative estimate of drug-likeness (QED) is 0.298. The number of carboxylic acids is 1. The van der Waals surface area contributed by atoms with E-state index < -0.39 is 23.4 Å². The van der Waals surface area contributed by atoms with E-state index in [0.29, 0.717) is 0 Å². The van der Waals surface area contributed by atoms with E-state index in [2.05, 4.69) is 11.3 Å². The first-order valence-electron chi connectivity index (χ1n) is 4.12. The molecule has 0 aliphatic heterocycles. The van der Waals surface area contributed by atoms with Crippen LogP contribution in [0.15, 0.2) is 12.7 Å². The smallest absolute Gasteiger partial charge is 0.333 e. The number of rotatable bonds is 7. The summed E-state index contributed by atoms with van der Waals surface area (Å²) in [6, 6.07) is -1.03. The molecule has 86 valence electrons. The Hall–Kier alpha value is -1.05. The number of carbonyl (C=O) groups excluding carboxylic acids is 1. The average Bonchev–Trinajstić information content (AvgIpc) is 2.21. The second kappa shape index (κ2) is 7.27. The van der Waals surface area contributed by atoms with Crippen LogP contribution in [0.1, 0.15) is 0 Å². The van der Waals surface area contributed by atoms with Crippen LogP contribution in [0.5, 0.6) is 0 Å². The number of esters is 1. The highest BCUT2D eigenvalue weighted by Gasteiger charge is 2.19. The molecule has 0 saturated carbocycles. The number of hydrogen-bond donors (Lipinski definition) is 3. The van der Waals surface area contributed by atoms with Crippen molar-refractivity contribution in [2.45, 2.75) is 11.4 Å². The molecular formula is C8H14N2O4S. The van der Waals surface area contributed by atoms with E-state index in [4.69, 9.17) is 16.6 Å². The van der Waals surface area contributed by atoms with Crippen molar-refractivity contribution in [1.82, 2.24) is 0 Å². The van der Waals surface area contributed by atoms with Gasteiger partial charge in [0.05, 0.1) is 0 Å². The lowest BCUT2D eigenvalue weighted by Crippen LogP contribution is -2.36. The molecule has 0 spiro atoms. The number of carboxylic acid groups (broad SMARTS) is 1. The van der Waals surface area contributed by atoms with Crippen LogP contribution in [0, 0.1) is 0 Å². The van der Waals surface area contributed by atoms with Crippen molar-refractivity contribution in [2.75, 3.05) is 12.4 Å². The number of carbonyl (C=O) groups is 2. The minimum atomic E-state index is -1.13. The molecule has 0 radical (unpaired) electrons. The van der Waals surface area contributed by atoms with Gasteiger partial charge in [-0.05, 0) is 0 Å². The lowest BCUT2D eigenvalue weighted by molar-refractivity contribution is -0.142. The zero-order valence-electron chi connectivity index (χ0n) is 8.09. The van der Waals surface area contributed by atoms with E-state index in [1.165, 1.54) is 6.08 Å². The fraction of sp³-hybridized carbons (Fsp3) is 0.500. The van der Waals surface area contributed by atoms with Crippen molar-refractivity contribution in [3.05, 3.63) is 12.7 Å². The fourth-order valence-electron chi connectivity index (χ4n) is 0.570. The Bertz CT molecular complexity index is 247. The Morgan fingerprint density at radius 1 is 1.53 bits per heavy atom. The van der Waals surface area contributed by atoms with Gasteiger partial charge in [-0.3, -0.25) is 4.79 Å². The first-order valence-corrected chi connectivity index (χ1v) is 5.17. The van der Waals surface area contributed by atoms with Gasteiger partial charge in [-0.1, -0.05) is 12.7 Å². The molecular weight excluding hydrogens is 220 g/mol. The highest BCUT2D eigenvalue weighted by molar-refractivity contribution is 8.00. The zero-order chi connectivity index (χ0) is 11.8. The van der Waals surface area contributed by atoms with Crippen molar-refractivity contribution in [3.63, 3.8) is 0 Å². The highest BCUT2D eigenvalue weighted by Crippen LogP contribution is 2.08. The lowest BCUT2D eigenvalue weighted by Gasteiger charge is -2.11. The monoisotopic (exact) mass is 234 g/mol. The van der Waals surface area contributed by atoms with Gasteiger partial charge in [0.2, 0.25) is 0 Å². The second-order valence-corrected chi connectivity index (χ2v) is 3.79. The number of hydrogen-bond acceptors (Lipinski definition) is 6. The molecule has 0 aromatic rings. The molecule has 5 N–H and O–H groups in total. The van der Waals surface area contributed by atoms with Crippen LogP contribution in [0.2, 0.25) is 0 Å². The van der Waals surface area contributed by atoms with Crippen LogP contribution in [-0.2, 0) is 14.3 Å². The maximum atomic E-state index is 11.1. The lowest BCUT2D eigenvalue weighted by atomic mass is 10.4. The number of nitrogens with two attached hydrogens (primary N) is 2. The van der Waals surface area contributed by atoms with Gasteiger partial charge < -0.3 is 21.3 Å². The normalized spacial score (nSPS) is 14.0. The first-order chi connectivity index (χ1) is 6.99. The third-order valence-corrected chi connectivity index (χ3v) is 2.45. The van der Waals surface area contributed by atoms with Crippen LogP contribution >= 0.6 is 11.8 Å². The SMILES string of the molecule is C=CCOC(=O)C(N)SCC(N)C(=O)O. The molecule has 0 amide bonds. The molecule has 2 unspecified atom stereocenters. The van der Waals surface area contributed by atoms with Crippen LogP contribution < -0.4 is 11.5 Å². The molecule has 0 aliphatic rings. The molecule has 6 nitrogen and oxygen atoms in total. The molecule has 0 bridgehead atoms. The Labute approximate surface area is 91.6 Å². The standard InChI is InChI=1S/C8H14N2O4S/c1-2-3-14-8(13)6(10)15-4-5(9)7(11)12/h2,5-6H,1,3-4,9-10H2,(H,11,12). The number of aliphatic carboxylic acids is 1. The maximum Gasteiger partial charge on any atom is 0.333 e. The number of ether oxygens (including phenoxy) is 1. The molecule has 0 aromatic carbocycles. The van der Waals surface area contributed by atoms with Gasteiger partial charge in [0.1, 0.15) is 12.6 Å². The van der Waals surface area contributed by atoms with Crippen LogP contribution in [0.3, 0.4) is 0 Å². The maximum absolute atomic E-state index is 11.1. The summed E-state index contributed by atoms with van der Waals surface area (Å²) in [7, 11) is 0. The Balaban J connectivity index is 3.82. The van der Waals surface area contributed by atoms with Crippen LogP contribution in [-0.4, -0.2) is 40.8 Å². The molecule has 0 rings (SSSR count). The molecule has 0 aromatic heterocycles. The predicted octanol–water partition coefficient (Wildman–Crippen LogP) is -0.854. The Morgan fingerprint density at radius 2 is 2.13 bits per heavy atom. The first kappa shape index (κ1) is 13.9. The van der Waals surface area contributed by atoms with E-state index >= 15 is 0 Å². The van der Waals surface area contributed by atoms with Crippen molar-refractivity contribution in [2.24, 2.45) is 11.5 Å². The second-order valence-electron chi connectivity index (χ2n) is 2.62. The fourth-order valence-corrected chi connectivity index (χ4v) is 1.33. The van der Waals surface area contributed by atoms with Gasteiger partial charge in [-0.15, -0.1) is 11.8 Å². The summed E-state index contributed by atoms with van der Waals surface area (Å²) in [4.78, 5) is 21.4. The van der Waals surface area contributed by atoms with E-state index in [9.17, 15) is 9.59 Å². The average molecular weight is 234 g/mol. The minimum absolute atomic E-state index is 0.0552. The number of thioether (sulfide) groups is 1. The molecule has 0 aliphatic carbocycles. The van der Waals surface area contributed by atoms with Gasteiger partial charge in [0.15, 0.2) is 5.37 Å². The molecule has 15 heavy (non-hydrogen) atoms. The van der Waals surface area contributed by atoms with Crippen molar-refractivity contribution >= 4 is 23.7 Å². The van der Waals surface area contributed by atoms with E-state index in [1.54, 1.807) is 0 Å². The summed E-state index contributed by atoms with van der Waals surface area (Å²) in [5, 5.41) is 7.55. The Kier molecular flexibility index (Phi) is 6.76.